The van der Waals surface area contributed by atoms with Gasteiger partial charge in [0, 0.05) is 0 Å². The van der Waals surface area contributed by atoms with Crippen LogP contribution in [0.25, 0.3) is 0 Å². The van der Waals surface area contributed by atoms with Crippen LogP contribution in [-0.2, 0) is 4.57 Å². The Labute approximate surface area is 117 Å². The van der Waals surface area contributed by atoms with Crippen LogP contribution in [0, 0.1) is 68.7 Å². The van der Waals surface area contributed by atoms with E-state index in [1.54, 1.807) is 0 Å². The van der Waals surface area contributed by atoms with Gasteiger partial charge in [-0.05, 0) is 0 Å². The van der Waals surface area contributed by atoms with Crippen molar-refractivity contribution in [2.24, 2.45) is 0 Å². The first-order valence-corrected chi connectivity index (χ1v) is 4.54. The summed E-state index contributed by atoms with van der Waals surface area (Å²) in [6.45, 7) is 0. The molecule has 22 heavy (non-hydrogen) atoms. The van der Waals surface area contributed by atoms with E-state index in [0.29, 0.717) is 0 Å². The number of hydrogen-bond donors (Lipinski definition) is 3. The predicted molar refractivity (Wildman–Crippen MR) is 59.0 cm³/mol. The molecule has 0 saturated heterocycles. The second-order valence-electron chi connectivity index (χ2n) is 1.41. The van der Waals surface area contributed by atoms with Gasteiger partial charge in [0.05, 0.1) is 20.3 Å². The molecule has 0 aliphatic carbocycles. The summed E-state index contributed by atoms with van der Waals surface area (Å²) in [4.78, 5) is 54.6. The van der Waals surface area contributed by atoms with Crippen LogP contribution < -0.4 is 0 Å². The molecule has 21 heteroatoms. The molecule has 0 aromatic carbocycles. The fraction of sp³-hybridized carbons (Fsp3) is 0. The second-order valence-corrected chi connectivity index (χ2v) is 2.43. The molecule has 0 radical (unpaired) electrons. The van der Waals surface area contributed by atoms with E-state index in [2.05, 4.69) is 0 Å². The van der Waals surface area contributed by atoms with E-state index in [0.717, 1.165) is 0 Å². The van der Waals surface area contributed by atoms with E-state index in [1.807, 2.05) is 0 Å². The summed E-state index contributed by atoms with van der Waals surface area (Å²) < 4.78 is 8.88. The third kappa shape index (κ3) is 448. The Bertz CT molecular complexity index is 272. The Kier molecular flexibility index (Phi) is 38.1. The molecule has 0 fully saturated rings. The van der Waals surface area contributed by atoms with E-state index < -0.39 is 28.2 Å². The van der Waals surface area contributed by atoms with Gasteiger partial charge in [-0.15, -0.1) is 0 Å². The molecule has 0 amide bonds. The smallest absolute Gasteiger partial charge is 0.356 e. The minimum Gasteiger partial charge on any atom is -0.356 e. The molecule has 0 aromatic rings. The Morgan fingerprint density at radius 2 is 0.545 bits per heavy atom. The van der Waals surface area contributed by atoms with Crippen molar-refractivity contribution in [1.82, 2.24) is 0 Å². The predicted octanol–water partition coefficient (Wildman–Crippen LogP) is -1.80. The minimum absolute atomic E-state index is 0. The van der Waals surface area contributed by atoms with Gasteiger partial charge in [0.15, 0.2) is 0 Å². The Hall–Kier alpha value is -3.09. The average Bonchev–Trinajstić information content (AvgIpc) is 1.91. The fourth-order valence-electron chi connectivity index (χ4n) is 0. The molecule has 0 unspecified atom stereocenters. The summed E-state index contributed by atoms with van der Waals surface area (Å²) in [7, 11) is -4.64. The van der Waals surface area contributed by atoms with Crippen LogP contribution in [0.15, 0.2) is 0 Å². The van der Waals surface area contributed by atoms with Crippen molar-refractivity contribution in [3.05, 3.63) is 68.7 Å². The third-order valence-electron chi connectivity index (χ3n) is 0. The van der Waals surface area contributed by atoms with E-state index in [4.69, 9.17) is 80.5 Å². The van der Waals surface area contributed by atoms with Crippen molar-refractivity contribution in [2.75, 3.05) is 0 Å². The maximum Gasteiger partial charge on any atom is 4.00 e. The molecule has 0 spiro atoms. The van der Waals surface area contributed by atoms with E-state index in [-0.39, 0.29) is 7.43 Å². The van der Waals surface area contributed by atoms with Crippen LogP contribution in [0.2, 0.25) is 0 Å². The van der Waals surface area contributed by atoms with Gasteiger partial charge in [-0.2, -0.15) is 0 Å². The second kappa shape index (κ2) is 23.0. The molecular weight excluding hydrogens is 355 g/mol. The molecule has 128 valence electrons. The zero-order chi connectivity index (χ0) is 18.8. The molecular formula is CH3N4O16P. The molecule has 0 rings (SSSR count). The number of phosphoric acid groups is 1. The first kappa shape index (κ1) is 36.4. The SMILES string of the molecule is O=P(O)(O)O.O=[N+]([O-])[O-].O=[N+]([O-])[O-].O=[N+]([O-])[O-].O=[N+]([O-])[O-].[C+4]. The van der Waals surface area contributed by atoms with Crippen molar-refractivity contribution in [3.63, 3.8) is 0 Å². The Balaban J connectivity index is -0.0000000361. The van der Waals surface area contributed by atoms with Crippen LogP contribution in [0.5, 0.6) is 0 Å². The van der Waals surface area contributed by atoms with Gasteiger partial charge in [-0.1, -0.05) is 0 Å². The molecule has 20 nitrogen and oxygen atoms in total. The summed E-state index contributed by atoms with van der Waals surface area (Å²) in [6, 6.07) is 0. The van der Waals surface area contributed by atoms with Crippen molar-refractivity contribution in [1.29, 1.82) is 0 Å². The van der Waals surface area contributed by atoms with Crippen molar-refractivity contribution in [3.8, 4) is 0 Å². The summed E-state index contributed by atoms with van der Waals surface area (Å²) in [6.07, 6.45) is 0. The quantitative estimate of drug-likeness (QED) is 0.244. The molecule has 3 N–H and O–H groups in total. The Morgan fingerprint density at radius 3 is 0.545 bits per heavy atom. The summed E-state index contributed by atoms with van der Waals surface area (Å²) in [5, 5.41) is 59.0. The fourth-order valence-corrected chi connectivity index (χ4v) is 0. The summed E-state index contributed by atoms with van der Waals surface area (Å²) in [5.41, 5.74) is 0. The summed E-state index contributed by atoms with van der Waals surface area (Å²) >= 11 is 0. The molecule has 0 aliphatic rings. The molecule has 0 aliphatic heterocycles. The van der Waals surface area contributed by atoms with Gasteiger partial charge in [0.1, 0.15) is 0 Å². The maximum absolute atomic E-state index is 8.88. The molecule has 0 bridgehead atoms. The van der Waals surface area contributed by atoms with Gasteiger partial charge < -0.3 is 76.0 Å². The van der Waals surface area contributed by atoms with Gasteiger partial charge in [0.25, 0.3) is 0 Å². The molecule has 0 saturated carbocycles. The summed E-state index contributed by atoms with van der Waals surface area (Å²) in [5.74, 6) is 0. The molecule has 0 aromatic heterocycles. The van der Waals surface area contributed by atoms with Gasteiger partial charge in [-0.3, -0.25) is 0 Å². The van der Waals surface area contributed by atoms with E-state index in [9.17, 15) is 0 Å². The third-order valence-corrected chi connectivity index (χ3v) is 0. The zero-order valence-corrected chi connectivity index (χ0v) is 10.3. The molecule has 0 heterocycles. The number of rotatable bonds is 0. The molecule has 0 atom stereocenters. The first-order valence-electron chi connectivity index (χ1n) is 2.97. The largest absolute Gasteiger partial charge is 4.00 e. The van der Waals surface area contributed by atoms with Crippen molar-refractivity contribution >= 4 is 7.82 Å². The van der Waals surface area contributed by atoms with Crippen molar-refractivity contribution in [2.45, 2.75) is 0 Å². The van der Waals surface area contributed by atoms with Gasteiger partial charge >= 0.3 is 15.2 Å². The van der Waals surface area contributed by atoms with Crippen LogP contribution in [0.4, 0.5) is 0 Å². The minimum atomic E-state index is -4.64. The number of hydrogen-bond acceptors (Lipinski definition) is 13. The zero-order valence-electron chi connectivity index (χ0n) is 9.38. The van der Waals surface area contributed by atoms with Gasteiger partial charge in [-0.25, -0.2) is 4.57 Å². The van der Waals surface area contributed by atoms with E-state index in [1.165, 1.54) is 0 Å². The topological polar surface area (TPSA) is 343 Å². The number of nitrogens with zero attached hydrogens (tertiary/aromatic N) is 4. The standard InChI is InChI=1S/C.4NO3.H3O4P/c;4*2-1(3)4;1-5(2,3)4/h;;;;;(H3,1,2,3,4)/q+4;4*-1;. The maximum atomic E-state index is 8.88. The monoisotopic (exact) mass is 358 g/mol. The Morgan fingerprint density at radius 1 is 0.545 bits per heavy atom. The van der Waals surface area contributed by atoms with E-state index >= 15 is 0 Å². The van der Waals surface area contributed by atoms with Gasteiger partial charge in [0.2, 0.25) is 0 Å². The van der Waals surface area contributed by atoms with Crippen LogP contribution >= 0.6 is 7.82 Å². The van der Waals surface area contributed by atoms with Crippen LogP contribution in [0.1, 0.15) is 0 Å². The van der Waals surface area contributed by atoms with Crippen LogP contribution in [0.3, 0.4) is 0 Å². The van der Waals surface area contributed by atoms with Crippen molar-refractivity contribution < 1.29 is 39.6 Å². The van der Waals surface area contributed by atoms with Crippen LogP contribution in [-0.4, -0.2) is 35.0 Å². The first-order chi connectivity index (χ1) is 8.93. The average molecular weight is 358 g/mol. The normalized spacial score (nSPS) is 7.05.